The summed E-state index contributed by atoms with van der Waals surface area (Å²) < 4.78 is 7.70. The van der Waals surface area contributed by atoms with Crippen LogP contribution in [0.5, 0.6) is 0 Å². The van der Waals surface area contributed by atoms with Gasteiger partial charge >= 0.3 is 0 Å². The zero-order chi connectivity index (χ0) is 31.3. The summed E-state index contributed by atoms with van der Waals surface area (Å²) in [4.78, 5) is 0. The van der Waals surface area contributed by atoms with Crippen LogP contribution in [0, 0.1) is 5.92 Å². The molecule has 0 radical (unpaired) electrons. The number of rotatable bonds is 3. The molecule has 0 spiro atoms. The minimum atomic E-state index is -0.136. The molecule has 0 bridgehead atoms. The number of benzene rings is 5. The third-order valence-corrected chi connectivity index (χ3v) is 12.0. The van der Waals surface area contributed by atoms with E-state index in [1.165, 1.54) is 81.1 Å². The second kappa shape index (κ2) is 9.94. The fourth-order valence-corrected chi connectivity index (χ4v) is 9.58. The third kappa shape index (κ3) is 3.84. The van der Waals surface area contributed by atoms with Gasteiger partial charge in [0.15, 0.2) is 0 Å². The largest absolute Gasteiger partial charge is 0.313 e. The first-order valence-corrected chi connectivity index (χ1v) is 17.5. The van der Waals surface area contributed by atoms with Gasteiger partial charge in [0.1, 0.15) is 0 Å². The first-order valence-electron chi connectivity index (χ1n) is 16.7. The second-order valence-electron chi connectivity index (χ2n) is 13.6. The molecule has 8 aromatic rings. The van der Waals surface area contributed by atoms with Crippen molar-refractivity contribution in [1.29, 1.82) is 0 Å². The lowest BCUT2D eigenvalue weighted by molar-refractivity contribution is 0.589. The van der Waals surface area contributed by atoms with Gasteiger partial charge in [0, 0.05) is 54.4 Å². The van der Waals surface area contributed by atoms with Crippen LogP contribution in [0.2, 0.25) is 0 Å². The summed E-state index contributed by atoms with van der Waals surface area (Å²) in [5.41, 5.74) is 10.5. The van der Waals surface area contributed by atoms with Crippen LogP contribution >= 0.6 is 11.3 Å². The number of para-hydroxylation sites is 2. The number of hydrogen-bond acceptors (Lipinski definition) is 1. The molecule has 0 saturated carbocycles. The zero-order valence-electron chi connectivity index (χ0n) is 26.6. The fourth-order valence-electron chi connectivity index (χ4n) is 8.38. The van der Waals surface area contributed by atoms with Crippen LogP contribution in [-0.4, -0.2) is 9.13 Å². The van der Waals surface area contributed by atoms with Crippen molar-refractivity contribution in [3.63, 3.8) is 0 Å². The molecule has 5 aromatic carbocycles. The smallest absolute Gasteiger partial charge is 0.0640 e. The first-order chi connectivity index (χ1) is 23.1. The van der Waals surface area contributed by atoms with Crippen LogP contribution in [0.3, 0.4) is 0 Å². The summed E-state index contributed by atoms with van der Waals surface area (Å²) in [5, 5.41) is 6.68. The Morgan fingerprint density at radius 1 is 0.702 bits per heavy atom. The van der Waals surface area contributed by atoms with Crippen molar-refractivity contribution < 1.29 is 0 Å². The van der Waals surface area contributed by atoms with E-state index in [9.17, 15) is 0 Å². The summed E-state index contributed by atoms with van der Waals surface area (Å²) in [6.45, 7) is 4.76. The van der Waals surface area contributed by atoms with E-state index >= 15 is 0 Å². The maximum atomic E-state index is 2.52. The van der Waals surface area contributed by atoms with Gasteiger partial charge in [-0.25, -0.2) is 0 Å². The molecule has 2 nitrogen and oxygen atoms in total. The molecular formula is C44H34N2S. The number of thiophene rings is 1. The van der Waals surface area contributed by atoms with E-state index in [1.54, 1.807) is 0 Å². The third-order valence-electron chi connectivity index (χ3n) is 10.8. The number of nitrogens with zero attached hydrogens (tertiary/aromatic N) is 2. The van der Waals surface area contributed by atoms with Crippen molar-refractivity contribution in [2.45, 2.75) is 32.1 Å². The number of hydrogen-bond donors (Lipinski definition) is 0. The van der Waals surface area contributed by atoms with Gasteiger partial charge in [-0.2, -0.15) is 0 Å². The van der Waals surface area contributed by atoms with Gasteiger partial charge < -0.3 is 9.13 Å². The van der Waals surface area contributed by atoms with Crippen LogP contribution in [-0.2, 0) is 11.8 Å². The Hall–Kier alpha value is -5.12. The normalized spacial score (nSPS) is 19.4. The van der Waals surface area contributed by atoms with Crippen molar-refractivity contribution in [3.05, 3.63) is 150 Å². The average molecular weight is 623 g/mol. The molecule has 3 aromatic heterocycles. The molecular weight excluding hydrogens is 589 g/mol. The highest BCUT2D eigenvalue weighted by molar-refractivity contribution is 7.26. The maximum absolute atomic E-state index is 2.52. The van der Waals surface area contributed by atoms with Crippen molar-refractivity contribution in [3.8, 4) is 5.69 Å². The van der Waals surface area contributed by atoms with Crippen molar-refractivity contribution >= 4 is 76.0 Å². The Kier molecular flexibility index (Phi) is 5.72. The Bertz CT molecular complexity index is 2670. The molecule has 2 aliphatic carbocycles. The quantitative estimate of drug-likeness (QED) is 0.186. The summed E-state index contributed by atoms with van der Waals surface area (Å²) >= 11 is 1.90. The maximum Gasteiger partial charge on any atom is 0.0640 e. The Balaban J connectivity index is 1.15. The van der Waals surface area contributed by atoms with Crippen LogP contribution < -0.4 is 0 Å². The van der Waals surface area contributed by atoms with Crippen LogP contribution in [0.15, 0.2) is 133 Å². The minimum Gasteiger partial charge on any atom is -0.313 e. The van der Waals surface area contributed by atoms with Gasteiger partial charge in [0.2, 0.25) is 0 Å². The van der Waals surface area contributed by atoms with E-state index in [0.29, 0.717) is 5.92 Å². The van der Waals surface area contributed by atoms with E-state index in [0.717, 1.165) is 12.8 Å². The Morgan fingerprint density at radius 3 is 2.28 bits per heavy atom. The van der Waals surface area contributed by atoms with Gasteiger partial charge in [0.05, 0.1) is 26.9 Å². The van der Waals surface area contributed by atoms with Crippen molar-refractivity contribution in [2.75, 3.05) is 0 Å². The molecule has 226 valence electrons. The van der Waals surface area contributed by atoms with E-state index in [-0.39, 0.29) is 5.41 Å². The van der Waals surface area contributed by atoms with Crippen molar-refractivity contribution in [2.24, 2.45) is 5.92 Å². The first kappa shape index (κ1) is 27.0. The number of fused-ring (bicyclic) bond motifs is 9. The highest BCUT2D eigenvalue weighted by Gasteiger charge is 2.33. The molecule has 0 amide bonds. The monoisotopic (exact) mass is 622 g/mol. The molecule has 47 heavy (non-hydrogen) atoms. The Labute approximate surface area is 278 Å². The highest BCUT2D eigenvalue weighted by Crippen LogP contribution is 2.45. The standard InChI is InChI=1S/C44H34N2S/c1-28-12-3-7-17-36(28)45-37-18-8-4-13-30(37)34-26-29(22-23-39(34)45)44(2)25-24-40-35(27-44)31-14-5-9-19-38(31)46(40)41-20-11-16-33-32-15-6-10-21-42(32)47-43(33)41/h3-11,13-26,28H,12,27H2,1-2H3. The van der Waals surface area contributed by atoms with E-state index in [4.69, 9.17) is 0 Å². The number of aromatic nitrogens is 2. The molecule has 2 unspecified atom stereocenters. The van der Waals surface area contributed by atoms with E-state index in [2.05, 4.69) is 163 Å². The minimum absolute atomic E-state index is 0.136. The molecule has 0 aliphatic heterocycles. The van der Waals surface area contributed by atoms with Gasteiger partial charge in [0.25, 0.3) is 0 Å². The molecule has 3 heterocycles. The van der Waals surface area contributed by atoms with Crippen LogP contribution in [0.4, 0.5) is 0 Å². The van der Waals surface area contributed by atoms with Crippen molar-refractivity contribution in [1.82, 2.24) is 9.13 Å². The highest BCUT2D eigenvalue weighted by atomic mass is 32.1. The molecule has 3 heteroatoms. The van der Waals surface area contributed by atoms with E-state index < -0.39 is 0 Å². The summed E-state index contributed by atoms with van der Waals surface area (Å²) in [6, 6.07) is 40.7. The van der Waals surface area contributed by atoms with E-state index in [1.807, 2.05) is 11.3 Å². The topological polar surface area (TPSA) is 9.86 Å². The summed E-state index contributed by atoms with van der Waals surface area (Å²) in [7, 11) is 0. The molecule has 10 rings (SSSR count). The van der Waals surface area contributed by atoms with Gasteiger partial charge in [-0.05, 0) is 72.5 Å². The fraction of sp³-hybridized carbons (Fsp3) is 0.136. The average Bonchev–Trinajstić information content (AvgIpc) is 3.76. The molecule has 0 saturated heterocycles. The number of allylic oxidation sites excluding steroid dienone is 5. The summed E-state index contributed by atoms with van der Waals surface area (Å²) in [6.07, 6.45) is 13.7. The van der Waals surface area contributed by atoms with Crippen LogP contribution in [0.1, 0.15) is 37.1 Å². The predicted molar refractivity (Wildman–Crippen MR) is 203 cm³/mol. The SMILES string of the molecule is CC1CC=CC=C1n1c2ccccc2c2cc(C3(C)C=Cc4c(c5ccccc5n4-c4cccc5c4sc4ccccc45)C3)ccc21. The lowest BCUT2D eigenvalue weighted by atomic mass is 9.73. The second-order valence-corrected chi connectivity index (χ2v) is 14.7. The molecule has 0 N–H and O–H groups in total. The molecule has 0 fully saturated rings. The molecule has 2 aliphatic rings. The Morgan fingerprint density at radius 2 is 1.43 bits per heavy atom. The summed E-state index contributed by atoms with van der Waals surface area (Å²) in [5.74, 6) is 0.478. The zero-order valence-corrected chi connectivity index (χ0v) is 27.4. The molecule has 2 atom stereocenters. The van der Waals surface area contributed by atoms with Gasteiger partial charge in [-0.1, -0.05) is 105 Å². The predicted octanol–water partition coefficient (Wildman–Crippen LogP) is 12.1. The lowest BCUT2D eigenvalue weighted by Crippen LogP contribution is -2.25. The van der Waals surface area contributed by atoms with Crippen LogP contribution in [0.25, 0.3) is 70.3 Å². The van der Waals surface area contributed by atoms with Gasteiger partial charge in [-0.3, -0.25) is 0 Å². The lowest BCUT2D eigenvalue weighted by Gasteiger charge is -2.31. The van der Waals surface area contributed by atoms with Gasteiger partial charge in [-0.15, -0.1) is 11.3 Å².